The molecule has 0 unspecified atom stereocenters. The van der Waals surface area contributed by atoms with Crippen LogP contribution in [0.25, 0.3) is 0 Å². The highest BCUT2D eigenvalue weighted by Gasteiger charge is 2.10. The van der Waals surface area contributed by atoms with E-state index in [0.29, 0.717) is 29.4 Å². The van der Waals surface area contributed by atoms with Crippen molar-refractivity contribution < 1.29 is 14.3 Å². The molecule has 28 heavy (non-hydrogen) atoms. The van der Waals surface area contributed by atoms with Crippen LogP contribution < -0.4 is 20.1 Å². The van der Waals surface area contributed by atoms with E-state index < -0.39 is 0 Å². The standard InChI is InChI=1S/C22H23N3O3/c1-15-4-6-16(7-5-15)13-23-18-8-10-19(24-14-18)22(26)25-17-9-11-20(27-2)21(12-17)28-3/h4-12,14,23H,13H2,1-3H3,(H,25,26). The zero-order valence-electron chi connectivity index (χ0n) is 16.2. The number of aromatic nitrogens is 1. The number of nitrogens with one attached hydrogen (secondary N) is 2. The van der Waals surface area contributed by atoms with Crippen molar-refractivity contribution in [2.45, 2.75) is 13.5 Å². The molecule has 2 N–H and O–H groups in total. The fraction of sp³-hybridized carbons (Fsp3) is 0.182. The smallest absolute Gasteiger partial charge is 0.274 e. The average Bonchev–Trinajstić information content (AvgIpc) is 2.73. The molecule has 6 heteroatoms. The summed E-state index contributed by atoms with van der Waals surface area (Å²) in [4.78, 5) is 16.7. The van der Waals surface area contributed by atoms with Gasteiger partial charge in [0.15, 0.2) is 11.5 Å². The maximum atomic E-state index is 12.4. The first-order chi connectivity index (χ1) is 13.6. The van der Waals surface area contributed by atoms with Gasteiger partial charge in [0.2, 0.25) is 0 Å². The van der Waals surface area contributed by atoms with Crippen molar-refractivity contribution in [2.24, 2.45) is 0 Å². The van der Waals surface area contributed by atoms with Gasteiger partial charge >= 0.3 is 0 Å². The average molecular weight is 377 g/mol. The minimum atomic E-state index is -0.294. The van der Waals surface area contributed by atoms with E-state index in [-0.39, 0.29) is 5.91 Å². The van der Waals surface area contributed by atoms with Gasteiger partial charge in [0, 0.05) is 18.3 Å². The van der Waals surface area contributed by atoms with Gasteiger partial charge in [-0.2, -0.15) is 0 Å². The molecule has 3 rings (SSSR count). The normalized spacial score (nSPS) is 10.2. The molecule has 0 atom stereocenters. The van der Waals surface area contributed by atoms with E-state index in [2.05, 4.69) is 46.8 Å². The predicted octanol–water partition coefficient (Wildman–Crippen LogP) is 4.27. The number of amides is 1. The Labute approximate surface area is 164 Å². The highest BCUT2D eigenvalue weighted by molar-refractivity contribution is 6.03. The number of ether oxygens (including phenoxy) is 2. The number of benzene rings is 2. The largest absolute Gasteiger partial charge is 0.493 e. The van der Waals surface area contributed by atoms with E-state index in [9.17, 15) is 4.79 Å². The van der Waals surface area contributed by atoms with E-state index in [1.165, 1.54) is 11.1 Å². The van der Waals surface area contributed by atoms with Crippen molar-refractivity contribution in [1.82, 2.24) is 4.98 Å². The number of hydrogen-bond donors (Lipinski definition) is 2. The van der Waals surface area contributed by atoms with Crippen molar-refractivity contribution >= 4 is 17.3 Å². The molecule has 0 radical (unpaired) electrons. The van der Waals surface area contributed by atoms with Crippen LogP contribution in [0.5, 0.6) is 11.5 Å². The Morgan fingerprint density at radius 3 is 2.29 bits per heavy atom. The van der Waals surface area contributed by atoms with Crippen molar-refractivity contribution in [2.75, 3.05) is 24.9 Å². The van der Waals surface area contributed by atoms with E-state index in [1.54, 1.807) is 44.7 Å². The molecule has 0 aliphatic heterocycles. The Morgan fingerprint density at radius 2 is 1.64 bits per heavy atom. The second-order valence-corrected chi connectivity index (χ2v) is 6.30. The SMILES string of the molecule is COc1ccc(NC(=O)c2ccc(NCc3ccc(C)cc3)cn2)cc1OC. The zero-order valence-corrected chi connectivity index (χ0v) is 16.2. The molecular formula is C22H23N3O3. The van der Waals surface area contributed by atoms with Crippen LogP contribution in [0.4, 0.5) is 11.4 Å². The molecular weight excluding hydrogens is 354 g/mol. The second-order valence-electron chi connectivity index (χ2n) is 6.30. The number of pyridine rings is 1. The maximum absolute atomic E-state index is 12.4. The Hall–Kier alpha value is -3.54. The number of hydrogen-bond acceptors (Lipinski definition) is 5. The minimum Gasteiger partial charge on any atom is -0.493 e. The van der Waals surface area contributed by atoms with E-state index in [0.717, 1.165) is 5.69 Å². The third-order valence-electron chi connectivity index (χ3n) is 4.25. The van der Waals surface area contributed by atoms with Crippen LogP contribution in [-0.4, -0.2) is 25.1 Å². The number of carbonyl (C=O) groups excluding carboxylic acids is 1. The van der Waals surface area contributed by atoms with Gasteiger partial charge in [-0.15, -0.1) is 0 Å². The molecule has 0 spiro atoms. The first-order valence-corrected chi connectivity index (χ1v) is 8.88. The molecule has 1 aromatic heterocycles. The molecule has 0 bridgehead atoms. The van der Waals surface area contributed by atoms with Crippen LogP contribution >= 0.6 is 0 Å². The third kappa shape index (κ3) is 4.79. The molecule has 3 aromatic rings. The molecule has 6 nitrogen and oxygen atoms in total. The first-order valence-electron chi connectivity index (χ1n) is 8.88. The van der Waals surface area contributed by atoms with Gasteiger partial charge < -0.3 is 20.1 Å². The third-order valence-corrected chi connectivity index (χ3v) is 4.25. The Bertz CT molecular complexity index is 938. The Morgan fingerprint density at radius 1 is 0.929 bits per heavy atom. The number of rotatable bonds is 7. The van der Waals surface area contributed by atoms with Gasteiger partial charge in [0.05, 0.1) is 26.1 Å². The summed E-state index contributed by atoms with van der Waals surface area (Å²) in [6.07, 6.45) is 1.65. The fourth-order valence-corrected chi connectivity index (χ4v) is 2.65. The lowest BCUT2D eigenvalue weighted by molar-refractivity contribution is 0.102. The highest BCUT2D eigenvalue weighted by Crippen LogP contribution is 2.29. The lowest BCUT2D eigenvalue weighted by atomic mass is 10.1. The molecule has 2 aromatic carbocycles. The number of methoxy groups -OCH3 is 2. The van der Waals surface area contributed by atoms with Crippen LogP contribution in [0, 0.1) is 6.92 Å². The van der Waals surface area contributed by atoms with Crippen molar-refractivity contribution in [1.29, 1.82) is 0 Å². The number of anilines is 2. The summed E-state index contributed by atoms with van der Waals surface area (Å²) < 4.78 is 10.4. The summed E-state index contributed by atoms with van der Waals surface area (Å²) in [5, 5.41) is 6.11. The van der Waals surface area contributed by atoms with Crippen molar-refractivity contribution in [3.05, 3.63) is 77.6 Å². The number of aryl methyl sites for hydroxylation is 1. The number of carbonyl (C=O) groups is 1. The van der Waals surface area contributed by atoms with Gasteiger partial charge in [-0.1, -0.05) is 29.8 Å². The summed E-state index contributed by atoms with van der Waals surface area (Å²) in [5.74, 6) is 0.851. The molecule has 1 heterocycles. The summed E-state index contributed by atoms with van der Waals surface area (Å²) in [6, 6.07) is 17.0. The van der Waals surface area contributed by atoms with Gasteiger partial charge in [-0.3, -0.25) is 4.79 Å². The quantitative estimate of drug-likeness (QED) is 0.643. The minimum absolute atomic E-state index is 0.294. The van der Waals surface area contributed by atoms with Gasteiger partial charge in [0.1, 0.15) is 5.69 Å². The molecule has 0 aliphatic carbocycles. The molecule has 0 saturated heterocycles. The lowest BCUT2D eigenvalue weighted by Gasteiger charge is -2.11. The van der Waals surface area contributed by atoms with Crippen LogP contribution in [0.2, 0.25) is 0 Å². The lowest BCUT2D eigenvalue weighted by Crippen LogP contribution is -2.14. The monoisotopic (exact) mass is 377 g/mol. The fourth-order valence-electron chi connectivity index (χ4n) is 2.65. The number of nitrogens with zero attached hydrogens (tertiary/aromatic N) is 1. The summed E-state index contributed by atoms with van der Waals surface area (Å²) >= 11 is 0. The van der Waals surface area contributed by atoms with E-state index >= 15 is 0 Å². The second kappa shape index (κ2) is 8.90. The first kappa shape index (κ1) is 19.2. The summed E-state index contributed by atoms with van der Waals surface area (Å²) in [6.45, 7) is 2.76. The zero-order chi connectivity index (χ0) is 19.9. The Kier molecular flexibility index (Phi) is 6.11. The Balaban J connectivity index is 1.61. The van der Waals surface area contributed by atoms with Crippen molar-refractivity contribution in [3.8, 4) is 11.5 Å². The van der Waals surface area contributed by atoms with E-state index in [1.807, 2.05) is 6.07 Å². The van der Waals surface area contributed by atoms with Crippen LogP contribution in [-0.2, 0) is 6.54 Å². The maximum Gasteiger partial charge on any atom is 0.274 e. The predicted molar refractivity (Wildman–Crippen MR) is 110 cm³/mol. The van der Waals surface area contributed by atoms with Gasteiger partial charge in [0.25, 0.3) is 5.91 Å². The van der Waals surface area contributed by atoms with Gasteiger partial charge in [-0.25, -0.2) is 4.98 Å². The van der Waals surface area contributed by atoms with E-state index in [4.69, 9.17) is 9.47 Å². The highest BCUT2D eigenvalue weighted by atomic mass is 16.5. The van der Waals surface area contributed by atoms with Crippen molar-refractivity contribution in [3.63, 3.8) is 0 Å². The molecule has 0 aliphatic rings. The van der Waals surface area contributed by atoms with Crippen LogP contribution in [0.1, 0.15) is 21.6 Å². The topological polar surface area (TPSA) is 72.5 Å². The van der Waals surface area contributed by atoms with Crippen LogP contribution in [0.15, 0.2) is 60.8 Å². The summed E-state index contributed by atoms with van der Waals surface area (Å²) in [7, 11) is 3.11. The van der Waals surface area contributed by atoms with Gasteiger partial charge in [-0.05, 0) is 36.8 Å². The molecule has 1 amide bonds. The molecule has 0 saturated carbocycles. The molecule has 0 fully saturated rings. The van der Waals surface area contributed by atoms with Crippen LogP contribution in [0.3, 0.4) is 0 Å². The summed E-state index contributed by atoms with van der Waals surface area (Å²) in [5.41, 5.74) is 4.20. The molecule has 144 valence electrons.